The van der Waals surface area contributed by atoms with E-state index < -0.39 is 18.1 Å². The van der Waals surface area contributed by atoms with Crippen molar-refractivity contribution in [2.24, 2.45) is 0 Å². The molecule has 0 heterocycles. The molecule has 0 saturated heterocycles. The van der Waals surface area contributed by atoms with Crippen LogP contribution in [0, 0.1) is 0 Å². The lowest BCUT2D eigenvalue weighted by molar-refractivity contribution is -0.139. The summed E-state index contributed by atoms with van der Waals surface area (Å²) in [7, 11) is 0. The molecule has 1 aliphatic carbocycles. The number of carbonyl (C=O) groups excluding carboxylic acids is 2. The summed E-state index contributed by atoms with van der Waals surface area (Å²) >= 11 is 1.58. The van der Waals surface area contributed by atoms with Gasteiger partial charge in [-0.2, -0.15) is 11.8 Å². The van der Waals surface area contributed by atoms with E-state index in [-0.39, 0.29) is 31.4 Å². The number of ether oxygens (including phenoxy) is 1. The second kappa shape index (κ2) is 12.5. The lowest BCUT2D eigenvalue weighted by Crippen LogP contribution is -2.49. The standard InChI is InChI=1S/C26H32N2O5S/c1-3-14-28(15-12-24(29)30)25(31)23(13-16-34-2)27-26(32)33-17-22-20-10-6-4-8-18(20)19-9-5-7-11-21(19)22/h4-11,22-23H,3,12-17H2,1-2H3,(H,27,32)(H,29,30). The third-order valence-electron chi connectivity index (χ3n) is 5.95. The van der Waals surface area contributed by atoms with E-state index in [9.17, 15) is 14.4 Å². The molecule has 2 amide bonds. The van der Waals surface area contributed by atoms with Gasteiger partial charge in [0.05, 0.1) is 6.42 Å². The van der Waals surface area contributed by atoms with Gasteiger partial charge in [-0.25, -0.2) is 4.79 Å². The number of carboxylic acids is 1. The van der Waals surface area contributed by atoms with Crippen LogP contribution in [0.15, 0.2) is 48.5 Å². The Labute approximate surface area is 204 Å². The Balaban J connectivity index is 1.67. The zero-order chi connectivity index (χ0) is 24.5. The van der Waals surface area contributed by atoms with E-state index in [0.717, 1.165) is 22.3 Å². The summed E-state index contributed by atoms with van der Waals surface area (Å²) in [5.74, 6) is -0.616. The van der Waals surface area contributed by atoms with Crippen LogP contribution < -0.4 is 5.32 Å². The van der Waals surface area contributed by atoms with Crippen LogP contribution in [0.4, 0.5) is 4.79 Å². The normalized spacial score (nSPS) is 13.0. The van der Waals surface area contributed by atoms with Crippen molar-refractivity contribution in [1.29, 1.82) is 0 Å². The number of amides is 2. The van der Waals surface area contributed by atoms with Crippen LogP contribution in [0.5, 0.6) is 0 Å². The maximum Gasteiger partial charge on any atom is 0.407 e. The predicted molar refractivity (Wildman–Crippen MR) is 134 cm³/mol. The highest BCUT2D eigenvalue weighted by Gasteiger charge is 2.30. The van der Waals surface area contributed by atoms with Crippen LogP contribution in [-0.4, -0.2) is 65.7 Å². The summed E-state index contributed by atoms with van der Waals surface area (Å²) in [6.07, 6.45) is 2.30. The quantitative estimate of drug-likeness (QED) is 0.465. The Hall–Kier alpha value is -3.00. The van der Waals surface area contributed by atoms with Crippen molar-refractivity contribution in [1.82, 2.24) is 10.2 Å². The Bertz CT molecular complexity index is 967. The summed E-state index contributed by atoms with van der Waals surface area (Å²) in [4.78, 5) is 38.4. The van der Waals surface area contributed by atoms with Gasteiger partial charge in [-0.15, -0.1) is 0 Å². The Morgan fingerprint density at radius 3 is 2.24 bits per heavy atom. The summed E-state index contributed by atoms with van der Waals surface area (Å²) in [6, 6.07) is 15.5. The number of carbonyl (C=O) groups is 3. The van der Waals surface area contributed by atoms with Gasteiger partial charge < -0.3 is 20.1 Å². The molecule has 1 atom stereocenters. The van der Waals surface area contributed by atoms with Crippen LogP contribution >= 0.6 is 11.8 Å². The Morgan fingerprint density at radius 2 is 1.68 bits per heavy atom. The van der Waals surface area contributed by atoms with Gasteiger partial charge in [0, 0.05) is 19.0 Å². The second-order valence-electron chi connectivity index (χ2n) is 8.27. The molecular formula is C26H32N2O5S. The van der Waals surface area contributed by atoms with Crippen molar-refractivity contribution >= 4 is 29.7 Å². The van der Waals surface area contributed by atoms with Crippen molar-refractivity contribution in [2.75, 3.05) is 31.7 Å². The number of carboxylic acid groups (broad SMARTS) is 1. The molecule has 3 rings (SSSR count). The minimum absolute atomic E-state index is 0.0642. The molecule has 0 aliphatic heterocycles. The number of nitrogens with one attached hydrogen (secondary N) is 1. The molecule has 0 bridgehead atoms. The van der Waals surface area contributed by atoms with E-state index >= 15 is 0 Å². The fourth-order valence-corrected chi connectivity index (χ4v) is 4.80. The SMILES string of the molecule is CCCN(CCC(=O)O)C(=O)C(CCSC)NC(=O)OCC1c2ccccc2-c2ccccc21. The first-order chi connectivity index (χ1) is 16.5. The molecule has 34 heavy (non-hydrogen) atoms. The number of fused-ring (bicyclic) bond motifs is 3. The molecule has 0 saturated carbocycles. The van der Waals surface area contributed by atoms with E-state index in [1.54, 1.807) is 11.8 Å². The Morgan fingerprint density at radius 1 is 1.06 bits per heavy atom. The van der Waals surface area contributed by atoms with Crippen molar-refractivity contribution < 1.29 is 24.2 Å². The summed E-state index contributed by atoms with van der Waals surface area (Å²) in [5.41, 5.74) is 4.53. The summed E-state index contributed by atoms with van der Waals surface area (Å²) in [5, 5.41) is 11.8. The number of hydrogen-bond acceptors (Lipinski definition) is 5. The van der Waals surface area contributed by atoms with Crippen molar-refractivity contribution in [3.8, 4) is 11.1 Å². The first-order valence-corrected chi connectivity index (χ1v) is 13.0. The van der Waals surface area contributed by atoms with Crippen molar-refractivity contribution in [3.63, 3.8) is 0 Å². The Kier molecular flexibility index (Phi) is 9.39. The van der Waals surface area contributed by atoms with Crippen LogP contribution in [0.1, 0.15) is 43.2 Å². The highest BCUT2D eigenvalue weighted by atomic mass is 32.2. The fraction of sp³-hybridized carbons (Fsp3) is 0.423. The smallest absolute Gasteiger partial charge is 0.407 e. The molecule has 182 valence electrons. The topological polar surface area (TPSA) is 95.9 Å². The zero-order valence-corrected chi connectivity index (χ0v) is 20.5. The second-order valence-corrected chi connectivity index (χ2v) is 9.26. The number of rotatable bonds is 12. The first kappa shape index (κ1) is 25.6. The van der Waals surface area contributed by atoms with Gasteiger partial charge >= 0.3 is 12.1 Å². The maximum atomic E-state index is 13.1. The molecule has 2 N–H and O–H groups in total. The van der Waals surface area contributed by atoms with Crippen molar-refractivity contribution in [2.45, 2.75) is 38.1 Å². The van der Waals surface area contributed by atoms with Crippen LogP contribution in [0.2, 0.25) is 0 Å². The molecular weight excluding hydrogens is 452 g/mol. The molecule has 8 heteroatoms. The van der Waals surface area contributed by atoms with Gasteiger partial charge in [0.25, 0.3) is 0 Å². The van der Waals surface area contributed by atoms with Gasteiger partial charge in [0.15, 0.2) is 0 Å². The lowest BCUT2D eigenvalue weighted by Gasteiger charge is -2.27. The average molecular weight is 485 g/mol. The average Bonchev–Trinajstić information content (AvgIpc) is 3.16. The molecule has 0 aromatic heterocycles. The number of hydrogen-bond donors (Lipinski definition) is 2. The van der Waals surface area contributed by atoms with E-state index in [4.69, 9.17) is 9.84 Å². The molecule has 2 aromatic rings. The lowest BCUT2D eigenvalue weighted by atomic mass is 9.98. The minimum Gasteiger partial charge on any atom is -0.481 e. The number of thioether (sulfide) groups is 1. The number of aliphatic carboxylic acids is 1. The highest BCUT2D eigenvalue weighted by molar-refractivity contribution is 7.98. The molecule has 0 spiro atoms. The van der Waals surface area contributed by atoms with Crippen molar-refractivity contribution in [3.05, 3.63) is 59.7 Å². The van der Waals surface area contributed by atoms with Crippen LogP contribution in [0.25, 0.3) is 11.1 Å². The van der Waals surface area contributed by atoms with Gasteiger partial charge in [-0.1, -0.05) is 55.5 Å². The summed E-state index contributed by atoms with van der Waals surface area (Å²) in [6.45, 7) is 2.65. The number of nitrogens with zero attached hydrogens (tertiary/aromatic N) is 1. The number of benzene rings is 2. The molecule has 0 fully saturated rings. The highest BCUT2D eigenvalue weighted by Crippen LogP contribution is 2.44. The van der Waals surface area contributed by atoms with Crippen LogP contribution in [-0.2, 0) is 14.3 Å². The van der Waals surface area contributed by atoms with E-state index in [2.05, 4.69) is 29.6 Å². The number of alkyl carbamates (subject to hydrolysis) is 1. The molecule has 1 aliphatic rings. The first-order valence-electron chi connectivity index (χ1n) is 11.6. The molecule has 1 unspecified atom stereocenters. The predicted octanol–water partition coefficient (Wildman–Crippen LogP) is 4.36. The molecule has 2 aromatic carbocycles. The van der Waals surface area contributed by atoms with E-state index in [1.807, 2.05) is 37.4 Å². The molecule has 7 nitrogen and oxygen atoms in total. The third-order valence-corrected chi connectivity index (χ3v) is 6.59. The largest absolute Gasteiger partial charge is 0.481 e. The monoisotopic (exact) mass is 484 g/mol. The zero-order valence-electron chi connectivity index (χ0n) is 19.7. The molecule has 0 radical (unpaired) electrons. The van der Waals surface area contributed by atoms with Crippen LogP contribution in [0.3, 0.4) is 0 Å². The third kappa shape index (κ3) is 6.32. The summed E-state index contributed by atoms with van der Waals surface area (Å²) < 4.78 is 5.62. The van der Waals surface area contributed by atoms with Gasteiger partial charge in [-0.05, 0) is 47.1 Å². The minimum atomic E-state index is -0.959. The maximum absolute atomic E-state index is 13.1. The van der Waals surface area contributed by atoms with Gasteiger partial charge in [0.2, 0.25) is 5.91 Å². The van der Waals surface area contributed by atoms with Gasteiger partial charge in [-0.3, -0.25) is 9.59 Å². The van der Waals surface area contributed by atoms with E-state index in [0.29, 0.717) is 25.1 Å². The van der Waals surface area contributed by atoms with Gasteiger partial charge in [0.1, 0.15) is 12.6 Å². The van der Waals surface area contributed by atoms with E-state index in [1.165, 1.54) is 4.90 Å². The fourth-order valence-electron chi connectivity index (χ4n) is 4.33.